The van der Waals surface area contributed by atoms with Crippen molar-refractivity contribution in [1.82, 2.24) is 0 Å². The largest absolute Gasteiger partial charge is 0.465 e. The average molecular weight is 365 g/mol. The molecule has 0 saturated heterocycles. The first-order valence-corrected chi connectivity index (χ1v) is 10.3. The van der Waals surface area contributed by atoms with Crippen LogP contribution < -0.4 is 0 Å². The monoisotopic (exact) mass is 364 g/mol. The topological polar surface area (TPSA) is 26.3 Å². The Kier molecular flexibility index (Phi) is 6.36. The van der Waals surface area contributed by atoms with Crippen molar-refractivity contribution in [2.45, 2.75) is 64.7 Å². The van der Waals surface area contributed by atoms with Crippen LogP contribution in [0, 0.1) is 5.41 Å². The molecule has 2 atom stereocenters. The Bertz CT molecular complexity index is 748. The molecule has 2 aromatic rings. The molecule has 0 spiro atoms. The van der Waals surface area contributed by atoms with Gasteiger partial charge in [-0.3, -0.25) is 4.79 Å². The summed E-state index contributed by atoms with van der Waals surface area (Å²) in [6.45, 7) is 6.75. The van der Waals surface area contributed by atoms with Crippen LogP contribution in [0.2, 0.25) is 0 Å². The van der Waals surface area contributed by atoms with E-state index in [9.17, 15) is 4.79 Å². The van der Waals surface area contributed by atoms with Crippen LogP contribution in [0.5, 0.6) is 0 Å². The van der Waals surface area contributed by atoms with Crippen LogP contribution in [-0.4, -0.2) is 12.6 Å². The average Bonchev–Trinajstić information content (AvgIpc) is 2.66. The zero-order chi connectivity index (χ0) is 19.3. The Morgan fingerprint density at radius 3 is 2.52 bits per heavy atom. The van der Waals surface area contributed by atoms with E-state index in [-0.39, 0.29) is 5.97 Å². The Labute approximate surface area is 164 Å². The van der Waals surface area contributed by atoms with Gasteiger partial charge in [-0.15, -0.1) is 0 Å². The summed E-state index contributed by atoms with van der Waals surface area (Å²) in [6.07, 6.45) is 5.07. The fourth-order valence-corrected chi connectivity index (χ4v) is 4.23. The van der Waals surface area contributed by atoms with Gasteiger partial charge in [-0.05, 0) is 74.5 Å². The summed E-state index contributed by atoms with van der Waals surface area (Å²) in [5, 5.41) is 0. The van der Waals surface area contributed by atoms with Crippen molar-refractivity contribution in [3.05, 3.63) is 71.3 Å². The molecule has 0 N–H and O–H groups in total. The molecular formula is C25H32O2. The zero-order valence-corrected chi connectivity index (χ0v) is 16.9. The van der Waals surface area contributed by atoms with Gasteiger partial charge < -0.3 is 4.74 Å². The summed E-state index contributed by atoms with van der Waals surface area (Å²) in [5.74, 6) is 0.974. The number of carbonyl (C=O) groups excluding carboxylic acids is 1. The van der Waals surface area contributed by atoms with Crippen molar-refractivity contribution in [3.63, 3.8) is 0 Å². The van der Waals surface area contributed by atoms with Crippen molar-refractivity contribution in [2.75, 3.05) is 6.61 Å². The summed E-state index contributed by atoms with van der Waals surface area (Å²) in [6, 6.07) is 19.2. The van der Waals surface area contributed by atoms with E-state index >= 15 is 0 Å². The van der Waals surface area contributed by atoms with Crippen LogP contribution in [0.25, 0.3) is 0 Å². The molecule has 1 aliphatic rings. The van der Waals surface area contributed by atoms with Gasteiger partial charge in [-0.25, -0.2) is 0 Å². The lowest BCUT2D eigenvalue weighted by Crippen LogP contribution is -2.29. The number of rotatable bonds is 9. The normalized spacial score (nSPS) is 16.9. The van der Waals surface area contributed by atoms with Gasteiger partial charge in [0.15, 0.2) is 0 Å². The first-order valence-electron chi connectivity index (χ1n) is 10.3. The third-order valence-electron chi connectivity index (χ3n) is 5.96. The van der Waals surface area contributed by atoms with Crippen LogP contribution in [0.15, 0.2) is 54.6 Å². The number of hydrogen-bond acceptors (Lipinski definition) is 2. The molecule has 0 radical (unpaired) electrons. The van der Waals surface area contributed by atoms with E-state index < -0.39 is 5.41 Å². The zero-order valence-electron chi connectivity index (χ0n) is 16.9. The standard InChI is InChI=1S/C25H32O2/c1-4-19(20-11-6-5-7-12-20)18-25(2,3)24(26)27-16-10-14-22-17-21-13-8-9-15-23(21)22/h5-9,11-13,15,19,22H,4,10,14,16-18H2,1-3H3. The van der Waals surface area contributed by atoms with Crippen LogP contribution in [0.1, 0.15) is 75.0 Å². The van der Waals surface area contributed by atoms with Crippen molar-refractivity contribution in [3.8, 4) is 0 Å². The first-order chi connectivity index (χ1) is 13.0. The highest BCUT2D eigenvalue weighted by Crippen LogP contribution is 2.38. The summed E-state index contributed by atoms with van der Waals surface area (Å²) >= 11 is 0. The van der Waals surface area contributed by atoms with Gasteiger partial charge in [-0.2, -0.15) is 0 Å². The van der Waals surface area contributed by atoms with E-state index in [4.69, 9.17) is 4.74 Å². The van der Waals surface area contributed by atoms with Gasteiger partial charge in [0.25, 0.3) is 0 Å². The van der Waals surface area contributed by atoms with E-state index in [1.807, 2.05) is 19.9 Å². The Morgan fingerprint density at radius 2 is 1.81 bits per heavy atom. The highest BCUT2D eigenvalue weighted by atomic mass is 16.5. The van der Waals surface area contributed by atoms with Crippen molar-refractivity contribution in [2.24, 2.45) is 5.41 Å². The molecule has 0 amide bonds. The van der Waals surface area contributed by atoms with Gasteiger partial charge in [0, 0.05) is 0 Å². The number of benzene rings is 2. The number of ether oxygens (including phenoxy) is 1. The maximum atomic E-state index is 12.7. The van der Waals surface area contributed by atoms with Gasteiger partial charge >= 0.3 is 5.97 Å². The predicted molar refractivity (Wildman–Crippen MR) is 111 cm³/mol. The van der Waals surface area contributed by atoms with Gasteiger partial charge in [0.05, 0.1) is 12.0 Å². The van der Waals surface area contributed by atoms with Gasteiger partial charge in [0.1, 0.15) is 0 Å². The van der Waals surface area contributed by atoms with E-state index in [1.165, 1.54) is 23.1 Å². The molecule has 2 aromatic carbocycles. The second-order valence-electron chi connectivity index (χ2n) is 8.48. The fourth-order valence-electron chi connectivity index (χ4n) is 4.23. The van der Waals surface area contributed by atoms with Gasteiger partial charge in [-0.1, -0.05) is 61.5 Å². The first kappa shape index (κ1) is 19.7. The quantitative estimate of drug-likeness (QED) is 0.388. The molecule has 0 saturated carbocycles. The third-order valence-corrected chi connectivity index (χ3v) is 5.96. The molecule has 27 heavy (non-hydrogen) atoms. The second kappa shape index (κ2) is 8.73. The third kappa shape index (κ3) is 4.80. The molecular weight excluding hydrogens is 332 g/mol. The molecule has 2 unspecified atom stereocenters. The van der Waals surface area contributed by atoms with Crippen molar-refractivity contribution < 1.29 is 9.53 Å². The molecule has 0 aromatic heterocycles. The molecule has 0 heterocycles. The molecule has 2 heteroatoms. The highest BCUT2D eigenvalue weighted by molar-refractivity contribution is 5.76. The molecule has 3 rings (SSSR count). The Morgan fingerprint density at radius 1 is 1.11 bits per heavy atom. The molecule has 2 nitrogen and oxygen atoms in total. The van der Waals surface area contributed by atoms with E-state index in [1.54, 1.807) is 0 Å². The van der Waals surface area contributed by atoms with Crippen LogP contribution in [-0.2, 0) is 16.0 Å². The summed E-state index contributed by atoms with van der Waals surface area (Å²) in [5.41, 5.74) is 3.81. The van der Waals surface area contributed by atoms with Crippen LogP contribution >= 0.6 is 0 Å². The van der Waals surface area contributed by atoms with Gasteiger partial charge in [0.2, 0.25) is 0 Å². The summed E-state index contributed by atoms with van der Waals surface area (Å²) < 4.78 is 5.66. The van der Waals surface area contributed by atoms with E-state index in [2.05, 4.69) is 55.5 Å². The number of carbonyl (C=O) groups is 1. The smallest absolute Gasteiger partial charge is 0.311 e. The maximum Gasteiger partial charge on any atom is 0.311 e. The number of esters is 1. The lowest BCUT2D eigenvalue weighted by Gasteiger charge is -2.30. The maximum absolute atomic E-state index is 12.7. The number of fused-ring (bicyclic) bond motifs is 1. The molecule has 1 aliphatic carbocycles. The van der Waals surface area contributed by atoms with E-state index in [0.717, 1.165) is 25.7 Å². The SMILES string of the molecule is CCC(CC(C)(C)C(=O)OCCCC1Cc2ccccc21)c1ccccc1. The molecule has 144 valence electrons. The fraction of sp³-hybridized carbons (Fsp3) is 0.480. The van der Waals surface area contributed by atoms with Crippen LogP contribution in [0.3, 0.4) is 0 Å². The Hall–Kier alpha value is -2.09. The minimum atomic E-state index is -0.459. The minimum Gasteiger partial charge on any atom is -0.465 e. The van der Waals surface area contributed by atoms with E-state index in [0.29, 0.717) is 18.4 Å². The molecule has 0 bridgehead atoms. The van der Waals surface area contributed by atoms with Crippen LogP contribution in [0.4, 0.5) is 0 Å². The number of hydrogen-bond donors (Lipinski definition) is 0. The minimum absolute atomic E-state index is 0.0640. The molecule has 0 fully saturated rings. The Balaban J connectivity index is 1.44. The highest BCUT2D eigenvalue weighted by Gasteiger charge is 2.32. The molecule has 0 aliphatic heterocycles. The summed E-state index contributed by atoms with van der Waals surface area (Å²) in [4.78, 5) is 12.7. The predicted octanol–water partition coefficient (Wildman–Crippen LogP) is 6.26. The van der Waals surface area contributed by atoms with Crippen molar-refractivity contribution in [1.29, 1.82) is 0 Å². The second-order valence-corrected chi connectivity index (χ2v) is 8.48. The van der Waals surface area contributed by atoms with Crippen molar-refractivity contribution >= 4 is 5.97 Å². The lowest BCUT2D eigenvalue weighted by atomic mass is 9.75. The summed E-state index contributed by atoms with van der Waals surface area (Å²) in [7, 11) is 0. The lowest BCUT2D eigenvalue weighted by molar-refractivity contribution is -0.154.